The summed E-state index contributed by atoms with van der Waals surface area (Å²) in [6, 6.07) is 5.63. The van der Waals surface area contributed by atoms with E-state index in [0.717, 1.165) is 0 Å². The maximum Gasteiger partial charge on any atom is 0.322 e. The van der Waals surface area contributed by atoms with Crippen LogP contribution < -0.4 is 16.0 Å². The zero-order valence-electron chi connectivity index (χ0n) is 13.4. The van der Waals surface area contributed by atoms with Crippen molar-refractivity contribution in [2.75, 3.05) is 36.4 Å². The highest BCUT2D eigenvalue weighted by Gasteiger charge is 2.23. The number of aromatic nitrogens is 2. The maximum atomic E-state index is 13.8. The molecule has 2 aromatic heterocycles. The largest absolute Gasteiger partial charge is 0.364 e. The van der Waals surface area contributed by atoms with E-state index in [1.807, 2.05) is 4.90 Å². The lowest BCUT2D eigenvalue weighted by Gasteiger charge is -2.35. The third-order valence-corrected chi connectivity index (χ3v) is 3.87. The standard InChI is InChI=1S/C16H17FN6O2/c17-12-2-1-5-19-15(12)22-6-8-23(9-7-22)16(25)21-11-3-4-13(14(18)24)20-10-11/h1-5,10H,6-9H2,(H2,18,24)(H,21,25). The molecule has 0 radical (unpaired) electrons. The number of hydrogen-bond donors (Lipinski definition) is 2. The molecule has 0 saturated carbocycles. The van der Waals surface area contributed by atoms with Crippen molar-refractivity contribution in [3.05, 3.63) is 48.2 Å². The topological polar surface area (TPSA) is 104 Å². The highest BCUT2D eigenvalue weighted by Crippen LogP contribution is 2.17. The number of piperazine rings is 1. The number of carbonyl (C=O) groups excluding carboxylic acids is 2. The van der Waals surface area contributed by atoms with Crippen LogP contribution in [0, 0.1) is 5.82 Å². The van der Waals surface area contributed by atoms with Gasteiger partial charge in [0.2, 0.25) is 0 Å². The van der Waals surface area contributed by atoms with Gasteiger partial charge in [-0.15, -0.1) is 0 Å². The number of anilines is 2. The molecule has 0 aromatic carbocycles. The number of primary amides is 1. The van der Waals surface area contributed by atoms with Crippen molar-refractivity contribution in [1.29, 1.82) is 0 Å². The zero-order valence-corrected chi connectivity index (χ0v) is 13.4. The summed E-state index contributed by atoms with van der Waals surface area (Å²) in [6.45, 7) is 1.85. The summed E-state index contributed by atoms with van der Waals surface area (Å²) in [5.41, 5.74) is 5.71. The summed E-state index contributed by atoms with van der Waals surface area (Å²) < 4.78 is 13.8. The van der Waals surface area contributed by atoms with Gasteiger partial charge in [0.05, 0.1) is 11.9 Å². The number of pyridine rings is 2. The van der Waals surface area contributed by atoms with Gasteiger partial charge >= 0.3 is 6.03 Å². The fourth-order valence-corrected chi connectivity index (χ4v) is 2.55. The van der Waals surface area contributed by atoms with E-state index in [9.17, 15) is 14.0 Å². The van der Waals surface area contributed by atoms with Gasteiger partial charge in [0.25, 0.3) is 5.91 Å². The maximum absolute atomic E-state index is 13.8. The third kappa shape index (κ3) is 3.82. The summed E-state index contributed by atoms with van der Waals surface area (Å²) in [4.78, 5) is 34.6. The van der Waals surface area contributed by atoms with Crippen molar-refractivity contribution in [1.82, 2.24) is 14.9 Å². The van der Waals surface area contributed by atoms with Crippen molar-refractivity contribution in [2.24, 2.45) is 5.73 Å². The molecule has 1 aliphatic heterocycles. The highest BCUT2D eigenvalue weighted by atomic mass is 19.1. The number of nitrogens with zero attached hydrogens (tertiary/aromatic N) is 4. The Balaban J connectivity index is 1.56. The molecule has 0 unspecified atom stereocenters. The quantitative estimate of drug-likeness (QED) is 0.867. The molecule has 0 atom stereocenters. The van der Waals surface area contributed by atoms with E-state index in [2.05, 4.69) is 15.3 Å². The Hall–Kier alpha value is -3.23. The molecule has 8 nitrogen and oxygen atoms in total. The molecule has 0 bridgehead atoms. The number of urea groups is 1. The van der Waals surface area contributed by atoms with Crippen molar-refractivity contribution in [3.63, 3.8) is 0 Å². The number of amides is 3. The van der Waals surface area contributed by atoms with E-state index < -0.39 is 5.91 Å². The average molecular weight is 344 g/mol. The van der Waals surface area contributed by atoms with Crippen molar-refractivity contribution < 1.29 is 14.0 Å². The molecule has 25 heavy (non-hydrogen) atoms. The minimum absolute atomic E-state index is 0.129. The molecule has 3 rings (SSSR count). The molecule has 1 aliphatic rings. The first-order valence-electron chi connectivity index (χ1n) is 7.72. The monoisotopic (exact) mass is 344 g/mol. The molecule has 9 heteroatoms. The molecule has 3 amide bonds. The minimum Gasteiger partial charge on any atom is -0.364 e. The summed E-state index contributed by atoms with van der Waals surface area (Å²) in [7, 11) is 0. The number of rotatable bonds is 3. The van der Waals surface area contributed by atoms with E-state index in [4.69, 9.17) is 5.73 Å². The van der Waals surface area contributed by atoms with E-state index in [-0.39, 0.29) is 17.5 Å². The zero-order chi connectivity index (χ0) is 17.8. The lowest BCUT2D eigenvalue weighted by molar-refractivity contribution is 0.0995. The first kappa shape index (κ1) is 16.6. The van der Waals surface area contributed by atoms with Crippen molar-refractivity contribution >= 4 is 23.4 Å². The van der Waals surface area contributed by atoms with Gasteiger partial charge in [0, 0.05) is 32.4 Å². The van der Waals surface area contributed by atoms with Gasteiger partial charge in [0.1, 0.15) is 5.69 Å². The number of nitrogens with two attached hydrogens (primary N) is 1. The lowest BCUT2D eigenvalue weighted by atomic mass is 10.3. The molecule has 1 fully saturated rings. The second-order valence-electron chi connectivity index (χ2n) is 5.51. The van der Waals surface area contributed by atoms with Gasteiger partial charge < -0.3 is 20.9 Å². The normalized spacial score (nSPS) is 14.3. The highest BCUT2D eigenvalue weighted by molar-refractivity contribution is 5.92. The second-order valence-corrected chi connectivity index (χ2v) is 5.51. The van der Waals surface area contributed by atoms with E-state index in [1.165, 1.54) is 18.3 Å². The van der Waals surface area contributed by atoms with Crippen LogP contribution in [0.5, 0.6) is 0 Å². The van der Waals surface area contributed by atoms with Crippen LogP contribution in [0.3, 0.4) is 0 Å². The summed E-state index contributed by atoms with van der Waals surface area (Å²) >= 11 is 0. The van der Waals surface area contributed by atoms with Crippen LogP contribution in [0.25, 0.3) is 0 Å². The summed E-state index contributed by atoms with van der Waals surface area (Å²) in [6.07, 6.45) is 2.91. The van der Waals surface area contributed by atoms with Gasteiger partial charge in [0.15, 0.2) is 11.6 Å². The fourth-order valence-electron chi connectivity index (χ4n) is 2.55. The Morgan fingerprint density at radius 1 is 1.12 bits per heavy atom. The Labute approximate surface area is 143 Å². The first-order chi connectivity index (χ1) is 12.0. The van der Waals surface area contributed by atoms with Crippen LogP contribution >= 0.6 is 0 Å². The van der Waals surface area contributed by atoms with Crippen molar-refractivity contribution in [2.45, 2.75) is 0 Å². The van der Waals surface area contributed by atoms with Crippen LogP contribution in [0.4, 0.5) is 20.7 Å². The van der Waals surface area contributed by atoms with Gasteiger partial charge in [-0.1, -0.05) is 0 Å². The number of carbonyl (C=O) groups is 2. The Kier molecular flexibility index (Phi) is 4.73. The Morgan fingerprint density at radius 2 is 1.88 bits per heavy atom. The van der Waals surface area contributed by atoms with Gasteiger partial charge in [-0.2, -0.15) is 0 Å². The molecule has 1 saturated heterocycles. The molecular formula is C16H17FN6O2. The van der Waals surface area contributed by atoms with Crippen molar-refractivity contribution in [3.8, 4) is 0 Å². The van der Waals surface area contributed by atoms with Gasteiger partial charge in [-0.3, -0.25) is 4.79 Å². The third-order valence-electron chi connectivity index (χ3n) is 3.87. The minimum atomic E-state index is -0.629. The summed E-state index contributed by atoms with van der Waals surface area (Å²) in [5, 5.41) is 2.71. The first-order valence-corrected chi connectivity index (χ1v) is 7.72. The van der Waals surface area contributed by atoms with Gasteiger partial charge in [-0.05, 0) is 24.3 Å². The second kappa shape index (κ2) is 7.12. The number of nitrogens with one attached hydrogen (secondary N) is 1. The summed E-state index contributed by atoms with van der Waals surface area (Å²) in [5.74, 6) is -0.703. The smallest absolute Gasteiger partial charge is 0.322 e. The Morgan fingerprint density at radius 3 is 2.48 bits per heavy atom. The molecule has 2 aromatic rings. The average Bonchev–Trinajstić information content (AvgIpc) is 2.63. The molecule has 3 N–H and O–H groups in total. The molecule has 0 aliphatic carbocycles. The van der Waals surface area contributed by atoms with Crippen LogP contribution in [0.1, 0.15) is 10.5 Å². The lowest BCUT2D eigenvalue weighted by Crippen LogP contribution is -2.50. The van der Waals surface area contributed by atoms with Crippen LogP contribution in [0.15, 0.2) is 36.7 Å². The van der Waals surface area contributed by atoms with E-state index in [0.29, 0.717) is 37.7 Å². The molecular weight excluding hydrogens is 327 g/mol. The van der Waals surface area contributed by atoms with E-state index >= 15 is 0 Å². The predicted octanol–water partition coefficient (Wildman–Crippen LogP) is 1.07. The molecule has 130 valence electrons. The number of hydrogen-bond acceptors (Lipinski definition) is 5. The Bertz CT molecular complexity index is 774. The molecule has 3 heterocycles. The van der Waals surface area contributed by atoms with Crippen LogP contribution in [0.2, 0.25) is 0 Å². The predicted molar refractivity (Wildman–Crippen MR) is 89.8 cm³/mol. The van der Waals surface area contributed by atoms with Crippen LogP contribution in [-0.4, -0.2) is 53.0 Å². The van der Waals surface area contributed by atoms with Gasteiger partial charge in [-0.25, -0.2) is 19.2 Å². The fraction of sp³-hybridized carbons (Fsp3) is 0.250. The van der Waals surface area contributed by atoms with E-state index in [1.54, 1.807) is 23.2 Å². The number of halogens is 1. The molecule has 0 spiro atoms. The SMILES string of the molecule is NC(=O)c1ccc(NC(=O)N2CCN(c3ncccc3F)CC2)cn1. The van der Waals surface area contributed by atoms with Crippen LogP contribution in [-0.2, 0) is 0 Å².